The van der Waals surface area contributed by atoms with Gasteiger partial charge in [0.05, 0.1) is 18.8 Å². The van der Waals surface area contributed by atoms with E-state index in [0.29, 0.717) is 34.3 Å². The Bertz CT molecular complexity index is 1270. The minimum Gasteiger partial charge on any atom is -0.507 e. The molecule has 5 rings (SSSR count). The number of hydrogen-bond acceptors (Lipinski definition) is 4. The lowest BCUT2D eigenvalue weighted by atomic mass is 9.93. The maximum Gasteiger partial charge on any atom is 0.273 e. The summed E-state index contributed by atoms with van der Waals surface area (Å²) in [6.45, 7) is 4.15. The van der Waals surface area contributed by atoms with Gasteiger partial charge in [0, 0.05) is 16.1 Å². The van der Waals surface area contributed by atoms with E-state index in [4.69, 9.17) is 16.0 Å². The highest BCUT2D eigenvalue weighted by molar-refractivity contribution is 6.30. The number of halogens is 1. The highest BCUT2D eigenvalue weighted by Crippen LogP contribution is 2.46. The van der Waals surface area contributed by atoms with Gasteiger partial charge in [-0.2, -0.15) is 5.10 Å². The van der Waals surface area contributed by atoms with Crippen LogP contribution in [-0.4, -0.2) is 26.1 Å². The number of H-pyrrole nitrogens is 1. The Labute approximate surface area is 184 Å². The maximum atomic E-state index is 13.4. The van der Waals surface area contributed by atoms with Crippen LogP contribution in [0.25, 0.3) is 11.3 Å². The van der Waals surface area contributed by atoms with Gasteiger partial charge in [0.25, 0.3) is 5.91 Å². The van der Waals surface area contributed by atoms with Crippen LogP contribution in [0.5, 0.6) is 5.75 Å². The molecule has 31 heavy (non-hydrogen) atoms. The van der Waals surface area contributed by atoms with Crippen LogP contribution < -0.4 is 0 Å². The lowest BCUT2D eigenvalue weighted by Crippen LogP contribution is -2.29. The fourth-order valence-electron chi connectivity index (χ4n) is 4.40. The average Bonchev–Trinajstić information content (AvgIpc) is 3.42. The van der Waals surface area contributed by atoms with Crippen LogP contribution in [0.2, 0.25) is 5.02 Å². The van der Waals surface area contributed by atoms with Gasteiger partial charge in [-0.15, -0.1) is 0 Å². The third-order valence-corrected chi connectivity index (χ3v) is 5.87. The van der Waals surface area contributed by atoms with Crippen molar-refractivity contribution in [2.24, 2.45) is 0 Å². The Morgan fingerprint density at radius 3 is 2.74 bits per heavy atom. The minimum absolute atomic E-state index is 0.133. The van der Waals surface area contributed by atoms with Crippen LogP contribution in [0.15, 0.2) is 59.2 Å². The van der Waals surface area contributed by atoms with E-state index in [-0.39, 0.29) is 11.7 Å². The molecule has 4 aromatic rings. The van der Waals surface area contributed by atoms with Gasteiger partial charge in [-0.1, -0.05) is 29.8 Å². The van der Waals surface area contributed by atoms with Crippen molar-refractivity contribution in [2.75, 3.05) is 0 Å². The summed E-state index contributed by atoms with van der Waals surface area (Å²) in [5, 5.41) is 18.7. The number of fused-ring (bicyclic) bond motifs is 1. The Balaban J connectivity index is 1.71. The summed E-state index contributed by atoms with van der Waals surface area (Å²) in [5.74, 6) is 0.627. The summed E-state index contributed by atoms with van der Waals surface area (Å²) < 4.78 is 5.51. The van der Waals surface area contributed by atoms with E-state index in [1.165, 1.54) is 0 Å². The number of hydrogen-bond donors (Lipinski definition) is 2. The van der Waals surface area contributed by atoms with E-state index in [0.717, 1.165) is 22.3 Å². The number of rotatable bonds is 4. The van der Waals surface area contributed by atoms with Crippen LogP contribution >= 0.6 is 11.6 Å². The largest absolute Gasteiger partial charge is 0.507 e. The number of furan rings is 1. The van der Waals surface area contributed by atoms with Gasteiger partial charge in [0.2, 0.25) is 0 Å². The monoisotopic (exact) mass is 433 g/mol. The summed E-state index contributed by atoms with van der Waals surface area (Å²) in [6.07, 6.45) is 1.59. The van der Waals surface area contributed by atoms with Crippen LogP contribution in [-0.2, 0) is 6.54 Å². The van der Waals surface area contributed by atoms with E-state index in [9.17, 15) is 9.90 Å². The molecule has 1 aliphatic rings. The standard InChI is InChI=1S/C24H20ClN3O3/c1-13-9-14(2)19(18(29)10-13)21-20-22(27-26-21)24(30)28(12-17-7-4-8-31-17)23(20)15-5-3-6-16(25)11-15/h3-11,23,29H,12H2,1-2H3,(H,26,27). The number of nitrogens with one attached hydrogen (secondary N) is 1. The second-order valence-electron chi connectivity index (χ2n) is 7.81. The number of aromatic nitrogens is 2. The zero-order chi connectivity index (χ0) is 21.7. The molecule has 2 N–H and O–H groups in total. The first-order chi connectivity index (χ1) is 14.9. The van der Waals surface area contributed by atoms with Gasteiger partial charge >= 0.3 is 0 Å². The first kappa shape index (κ1) is 19.5. The van der Waals surface area contributed by atoms with Gasteiger partial charge in [-0.05, 0) is 60.9 Å². The lowest BCUT2D eigenvalue weighted by Gasteiger charge is -2.26. The summed E-state index contributed by atoms with van der Waals surface area (Å²) in [4.78, 5) is 15.1. The molecule has 0 spiro atoms. The van der Waals surface area contributed by atoms with Crippen molar-refractivity contribution >= 4 is 17.5 Å². The topological polar surface area (TPSA) is 82.4 Å². The maximum absolute atomic E-state index is 13.4. The second kappa shape index (κ2) is 7.32. The van der Waals surface area contributed by atoms with Crippen LogP contribution in [0, 0.1) is 13.8 Å². The molecule has 1 unspecified atom stereocenters. The molecule has 0 aliphatic carbocycles. The molecule has 1 aliphatic heterocycles. The molecule has 2 aromatic carbocycles. The summed E-state index contributed by atoms with van der Waals surface area (Å²) in [5.41, 5.74) is 5.00. The van der Waals surface area contributed by atoms with Gasteiger partial charge in [0.15, 0.2) is 0 Å². The average molecular weight is 434 g/mol. The highest BCUT2D eigenvalue weighted by atomic mass is 35.5. The number of aromatic amines is 1. The first-order valence-electron chi connectivity index (χ1n) is 9.91. The molecule has 156 valence electrons. The normalized spacial score (nSPS) is 15.5. The van der Waals surface area contributed by atoms with Crippen molar-refractivity contribution in [3.63, 3.8) is 0 Å². The molecule has 7 heteroatoms. The zero-order valence-electron chi connectivity index (χ0n) is 17.0. The van der Waals surface area contributed by atoms with E-state index in [1.54, 1.807) is 29.4 Å². The fourth-order valence-corrected chi connectivity index (χ4v) is 4.60. The predicted molar refractivity (Wildman–Crippen MR) is 117 cm³/mol. The second-order valence-corrected chi connectivity index (χ2v) is 8.24. The highest BCUT2D eigenvalue weighted by Gasteiger charge is 2.43. The van der Waals surface area contributed by atoms with Gasteiger partial charge in [0.1, 0.15) is 22.9 Å². The molecule has 0 bridgehead atoms. The lowest BCUT2D eigenvalue weighted by molar-refractivity contribution is 0.0717. The molecule has 0 saturated carbocycles. The molecule has 0 fully saturated rings. The number of nitrogens with zero attached hydrogens (tertiary/aromatic N) is 2. The molecule has 2 aromatic heterocycles. The van der Waals surface area contributed by atoms with Crippen molar-refractivity contribution < 1.29 is 14.3 Å². The Morgan fingerprint density at radius 1 is 1.19 bits per heavy atom. The van der Waals surface area contributed by atoms with Gasteiger partial charge in [-0.3, -0.25) is 9.89 Å². The smallest absolute Gasteiger partial charge is 0.273 e. The molecule has 3 heterocycles. The van der Waals surface area contributed by atoms with E-state index >= 15 is 0 Å². The molecule has 1 atom stereocenters. The van der Waals surface area contributed by atoms with E-state index < -0.39 is 6.04 Å². The minimum atomic E-state index is -0.430. The molecular weight excluding hydrogens is 414 g/mol. The Kier molecular flexibility index (Phi) is 4.59. The number of benzene rings is 2. The molecule has 0 radical (unpaired) electrons. The number of aryl methyl sites for hydroxylation is 2. The van der Waals surface area contributed by atoms with Crippen molar-refractivity contribution in [1.82, 2.24) is 15.1 Å². The molecule has 0 saturated heterocycles. The van der Waals surface area contributed by atoms with Crippen molar-refractivity contribution in [2.45, 2.75) is 26.4 Å². The third-order valence-electron chi connectivity index (χ3n) is 5.63. The molecule has 1 amide bonds. The van der Waals surface area contributed by atoms with Crippen molar-refractivity contribution in [3.05, 3.63) is 93.5 Å². The summed E-state index contributed by atoms with van der Waals surface area (Å²) in [7, 11) is 0. The molecule has 6 nitrogen and oxygen atoms in total. The Morgan fingerprint density at radius 2 is 2.03 bits per heavy atom. The number of phenolic OH excluding ortho intramolecular Hbond substituents is 1. The van der Waals surface area contributed by atoms with Crippen molar-refractivity contribution in [1.29, 1.82) is 0 Å². The number of aromatic hydroxyl groups is 1. The zero-order valence-corrected chi connectivity index (χ0v) is 17.8. The third kappa shape index (κ3) is 3.20. The number of amides is 1. The quantitative estimate of drug-likeness (QED) is 0.452. The van der Waals surface area contributed by atoms with Crippen LogP contribution in [0.1, 0.15) is 44.5 Å². The predicted octanol–water partition coefficient (Wildman–Crippen LogP) is 5.39. The number of carbonyl (C=O) groups excluding carboxylic acids is 1. The Hall–Kier alpha value is -3.51. The van der Waals surface area contributed by atoms with Crippen molar-refractivity contribution in [3.8, 4) is 17.0 Å². The number of phenols is 1. The summed E-state index contributed by atoms with van der Waals surface area (Å²) >= 11 is 6.29. The first-order valence-corrected chi connectivity index (χ1v) is 10.3. The van der Waals surface area contributed by atoms with Crippen LogP contribution in [0.4, 0.5) is 0 Å². The van der Waals surface area contributed by atoms with E-state index in [2.05, 4.69) is 10.2 Å². The van der Waals surface area contributed by atoms with Gasteiger partial charge in [-0.25, -0.2) is 0 Å². The fraction of sp³-hybridized carbons (Fsp3) is 0.167. The SMILES string of the molecule is Cc1cc(C)c(-c2n[nH]c3c2C(c2cccc(Cl)c2)N(Cc2ccco2)C3=O)c(O)c1. The molecular formula is C24H20ClN3O3. The van der Waals surface area contributed by atoms with Gasteiger partial charge < -0.3 is 14.4 Å². The number of carbonyl (C=O) groups is 1. The summed E-state index contributed by atoms with van der Waals surface area (Å²) in [6, 6.07) is 14.3. The van der Waals surface area contributed by atoms with Crippen LogP contribution in [0.3, 0.4) is 0 Å². The van der Waals surface area contributed by atoms with E-state index in [1.807, 2.05) is 44.2 Å².